The van der Waals surface area contributed by atoms with E-state index >= 15 is 0 Å². The van der Waals surface area contributed by atoms with Crippen LogP contribution in [0.3, 0.4) is 0 Å². The minimum Gasteiger partial charge on any atom is -0.489 e. The van der Waals surface area contributed by atoms with Gasteiger partial charge in [0.05, 0.1) is 12.3 Å². The lowest BCUT2D eigenvalue weighted by atomic mass is 10.1. The molecule has 2 rings (SSSR count). The van der Waals surface area contributed by atoms with Gasteiger partial charge in [-0.05, 0) is 36.2 Å². The third-order valence-corrected chi connectivity index (χ3v) is 2.84. The second-order valence-corrected chi connectivity index (χ2v) is 5.24. The topological polar surface area (TPSA) is 80.4 Å². The van der Waals surface area contributed by atoms with Gasteiger partial charge >= 0.3 is 6.61 Å². The summed E-state index contributed by atoms with van der Waals surface area (Å²) in [7, 11) is 0. The van der Waals surface area contributed by atoms with Crippen LogP contribution >= 0.6 is 0 Å². The molecule has 0 radical (unpaired) electrons. The number of rotatable bonds is 6. The fourth-order valence-corrected chi connectivity index (χ4v) is 1.80. The molecule has 0 aliphatic rings. The van der Waals surface area contributed by atoms with Crippen molar-refractivity contribution < 1.29 is 23.5 Å². The molecule has 0 spiro atoms. The maximum atomic E-state index is 12.5. The molecule has 1 heterocycles. The van der Waals surface area contributed by atoms with Gasteiger partial charge in [0.15, 0.2) is 17.0 Å². The van der Waals surface area contributed by atoms with Crippen molar-refractivity contribution in [2.45, 2.75) is 20.5 Å². The van der Waals surface area contributed by atoms with Crippen molar-refractivity contribution in [3.05, 3.63) is 35.8 Å². The molecule has 2 aromatic rings. The summed E-state index contributed by atoms with van der Waals surface area (Å²) in [4.78, 5) is 0.424. The van der Waals surface area contributed by atoms with Crippen LogP contribution in [0.5, 0.6) is 11.5 Å². The molecule has 0 amide bonds. The minimum absolute atomic E-state index is 0.0709. The smallest absolute Gasteiger partial charge is 0.387 e. The zero-order chi connectivity index (χ0) is 17.0. The van der Waals surface area contributed by atoms with Crippen LogP contribution in [0, 0.1) is 11.3 Å². The maximum absolute atomic E-state index is 12.5. The van der Waals surface area contributed by atoms with Gasteiger partial charge in [0, 0.05) is 5.56 Å². The summed E-state index contributed by atoms with van der Waals surface area (Å²) in [5.74, 6) is 0.300. The number of hydrogen-bond donors (Lipinski definition) is 2. The van der Waals surface area contributed by atoms with Crippen LogP contribution < -0.4 is 15.0 Å². The highest BCUT2D eigenvalue weighted by molar-refractivity contribution is 5.63. The van der Waals surface area contributed by atoms with Crippen molar-refractivity contribution in [1.82, 2.24) is 9.94 Å². The number of nitrogens with zero attached hydrogens (tertiary/aromatic N) is 2. The van der Waals surface area contributed by atoms with Gasteiger partial charge in [-0.2, -0.15) is 8.78 Å². The molecule has 0 unspecified atom stereocenters. The van der Waals surface area contributed by atoms with Crippen LogP contribution in [0.15, 0.2) is 30.3 Å². The number of alkyl halides is 2. The van der Waals surface area contributed by atoms with E-state index in [1.165, 1.54) is 30.3 Å². The highest BCUT2D eigenvalue weighted by atomic mass is 19.3. The van der Waals surface area contributed by atoms with Crippen LogP contribution in [0.1, 0.15) is 13.8 Å². The van der Waals surface area contributed by atoms with Crippen molar-refractivity contribution in [1.29, 1.82) is 5.41 Å². The van der Waals surface area contributed by atoms with Gasteiger partial charge in [0.2, 0.25) is 0 Å². The van der Waals surface area contributed by atoms with Gasteiger partial charge in [0.1, 0.15) is 0 Å². The number of ether oxygens (including phenoxy) is 2. The quantitative estimate of drug-likeness (QED) is 0.800. The van der Waals surface area contributed by atoms with Gasteiger partial charge in [-0.15, -0.1) is 5.10 Å². The summed E-state index contributed by atoms with van der Waals surface area (Å²) in [6.07, 6.45) is 0. The number of hydrogen-bond acceptors (Lipinski definition) is 5. The van der Waals surface area contributed by atoms with Gasteiger partial charge in [0.25, 0.3) is 0 Å². The van der Waals surface area contributed by atoms with E-state index in [-0.39, 0.29) is 22.9 Å². The first-order chi connectivity index (χ1) is 10.9. The van der Waals surface area contributed by atoms with E-state index in [1.807, 2.05) is 13.8 Å². The lowest BCUT2D eigenvalue weighted by Gasteiger charge is -2.15. The van der Waals surface area contributed by atoms with Crippen molar-refractivity contribution in [2.24, 2.45) is 5.92 Å². The molecule has 8 heteroatoms. The molecule has 0 aliphatic carbocycles. The average molecular weight is 325 g/mol. The van der Waals surface area contributed by atoms with E-state index in [2.05, 4.69) is 9.84 Å². The molecule has 0 aliphatic heterocycles. The Labute approximate surface area is 131 Å². The van der Waals surface area contributed by atoms with Crippen LogP contribution in [-0.4, -0.2) is 28.4 Å². The molecule has 2 N–H and O–H groups in total. The predicted octanol–water partition coefficient (Wildman–Crippen LogP) is 2.90. The second kappa shape index (κ2) is 7.08. The summed E-state index contributed by atoms with van der Waals surface area (Å²) in [5, 5.41) is 20.6. The average Bonchev–Trinajstić information content (AvgIpc) is 2.48. The summed E-state index contributed by atoms with van der Waals surface area (Å²) in [5.41, 5.74) is 0.720. The van der Waals surface area contributed by atoms with Crippen molar-refractivity contribution in [2.75, 3.05) is 6.61 Å². The van der Waals surface area contributed by atoms with Crippen molar-refractivity contribution in [3.63, 3.8) is 0 Å². The highest BCUT2D eigenvalue weighted by Crippen LogP contribution is 2.33. The molecule has 0 saturated carbocycles. The molecule has 0 saturated heterocycles. The van der Waals surface area contributed by atoms with E-state index in [0.29, 0.717) is 22.7 Å². The van der Waals surface area contributed by atoms with Gasteiger partial charge in [-0.1, -0.05) is 18.7 Å². The minimum atomic E-state index is -2.96. The fourth-order valence-electron chi connectivity index (χ4n) is 1.80. The maximum Gasteiger partial charge on any atom is 0.387 e. The third kappa shape index (κ3) is 4.41. The van der Waals surface area contributed by atoms with Gasteiger partial charge in [-0.3, -0.25) is 5.41 Å². The molecule has 0 bridgehead atoms. The van der Waals surface area contributed by atoms with Crippen molar-refractivity contribution >= 4 is 0 Å². The molecule has 23 heavy (non-hydrogen) atoms. The summed E-state index contributed by atoms with van der Waals surface area (Å²) < 4.78 is 34.9. The van der Waals surface area contributed by atoms with Crippen LogP contribution in [-0.2, 0) is 0 Å². The Morgan fingerprint density at radius 1 is 1.22 bits per heavy atom. The molecule has 1 aromatic carbocycles. The number of halogens is 2. The Hall–Kier alpha value is -2.64. The van der Waals surface area contributed by atoms with Crippen LogP contribution in [0.25, 0.3) is 11.3 Å². The molecule has 0 atom stereocenters. The standard InChI is InChI=1S/C15H17F2N3O3/c1-9(2)8-22-13-7-10(3-5-12(13)23-15(16)17)11-4-6-14(18)20(21)19-11/h3-7,9,15,18,21H,8H2,1-2H3. The Kier molecular flexibility index (Phi) is 5.15. The second-order valence-electron chi connectivity index (χ2n) is 5.24. The number of nitrogens with one attached hydrogen (secondary N) is 1. The summed E-state index contributed by atoms with van der Waals surface area (Å²) in [6, 6.07) is 7.28. The molecule has 124 valence electrons. The SMILES string of the molecule is CC(C)COc1cc(-c2ccc(=N)n(O)n2)ccc1OC(F)F. The lowest BCUT2D eigenvalue weighted by Crippen LogP contribution is -2.19. The highest BCUT2D eigenvalue weighted by Gasteiger charge is 2.14. The Balaban J connectivity index is 2.39. The third-order valence-electron chi connectivity index (χ3n) is 2.84. The Morgan fingerprint density at radius 3 is 2.57 bits per heavy atom. The normalized spacial score (nSPS) is 11.0. The van der Waals surface area contributed by atoms with E-state index in [0.717, 1.165) is 0 Å². The first-order valence-corrected chi connectivity index (χ1v) is 6.93. The largest absolute Gasteiger partial charge is 0.489 e. The summed E-state index contributed by atoms with van der Waals surface area (Å²) in [6.45, 7) is 1.24. The van der Waals surface area contributed by atoms with E-state index in [9.17, 15) is 14.0 Å². The zero-order valence-corrected chi connectivity index (χ0v) is 12.7. The summed E-state index contributed by atoms with van der Waals surface area (Å²) >= 11 is 0. The Bertz CT molecular complexity index is 732. The molecule has 0 fully saturated rings. The number of benzene rings is 1. The van der Waals surface area contributed by atoms with E-state index < -0.39 is 6.61 Å². The first kappa shape index (κ1) is 16.7. The monoisotopic (exact) mass is 325 g/mol. The van der Waals surface area contributed by atoms with Crippen molar-refractivity contribution in [3.8, 4) is 22.8 Å². The molecule has 1 aromatic heterocycles. The zero-order valence-electron chi connectivity index (χ0n) is 12.7. The van der Waals surface area contributed by atoms with Crippen LogP contribution in [0.2, 0.25) is 0 Å². The van der Waals surface area contributed by atoms with Gasteiger partial charge in [-0.25, -0.2) is 0 Å². The molecular formula is C15H17F2N3O3. The van der Waals surface area contributed by atoms with E-state index in [1.54, 1.807) is 0 Å². The van der Waals surface area contributed by atoms with E-state index in [4.69, 9.17) is 10.1 Å². The molecule has 6 nitrogen and oxygen atoms in total. The van der Waals surface area contributed by atoms with Gasteiger partial charge < -0.3 is 14.7 Å². The Morgan fingerprint density at radius 2 is 1.96 bits per heavy atom. The lowest BCUT2D eigenvalue weighted by molar-refractivity contribution is -0.0515. The van der Waals surface area contributed by atoms with Crippen LogP contribution in [0.4, 0.5) is 8.78 Å². The predicted molar refractivity (Wildman–Crippen MR) is 77.7 cm³/mol. The first-order valence-electron chi connectivity index (χ1n) is 6.93. The molecular weight excluding hydrogens is 308 g/mol. The fraction of sp³-hybridized carbons (Fsp3) is 0.333. The number of aromatic nitrogens is 2.